The van der Waals surface area contributed by atoms with Crippen molar-refractivity contribution in [1.29, 1.82) is 0 Å². The summed E-state index contributed by atoms with van der Waals surface area (Å²) < 4.78 is 5.94. The van der Waals surface area contributed by atoms with Gasteiger partial charge in [0.1, 0.15) is 5.52 Å². The Morgan fingerprint density at radius 2 is 2.21 bits per heavy atom. The molecule has 5 nitrogen and oxygen atoms in total. The fraction of sp³-hybridized carbons (Fsp3) is 0.579. The van der Waals surface area contributed by atoms with Gasteiger partial charge in [-0.15, -0.1) is 0 Å². The number of nitrogens with zero attached hydrogens (tertiary/aromatic N) is 2. The average molecular weight is 330 g/mol. The molecule has 2 aromatic rings. The van der Waals surface area contributed by atoms with Crippen LogP contribution in [0.25, 0.3) is 11.1 Å². The number of carbonyl (C=O) groups is 1. The van der Waals surface area contributed by atoms with Crippen LogP contribution in [0.15, 0.2) is 28.7 Å². The van der Waals surface area contributed by atoms with Crippen LogP contribution < -0.4 is 0 Å². The summed E-state index contributed by atoms with van der Waals surface area (Å²) in [6, 6.07) is 7.89. The van der Waals surface area contributed by atoms with Crippen molar-refractivity contribution in [2.75, 3.05) is 19.6 Å². The largest absolute Gasteiger partial charge is 0.481 e. The molecule has 1 aromatic carbocycles. The maximum atomic E-state index is 11.0. The van der Waals surface area contributed by atoms with E-state index >= 15 is 0 Å². The number of para-hydroxylation sites is 2. The number of oxazole rings is 1. The molecule has 1 aromatic heterocycles. The van der Waals surface area contributed by atoms with E-state index in [9.17, 15) is 4.79 Å². The summed E-state index contributed by atoms with van der Waals surface area (Å²) >= 11 is 0. The predicted octanol–water partition coefficient (Wildman–Crippen LogP) is 3.90. The molecule has 1 unspecified atom stereocenters. The highest BCUT2D eigenvalue weighted by molar-refractivity contribution is 5.72. The number of hydrogen-bond donors (Lipinski definition) is 1. The van der Waals surface area contributed by atoms with Crippen LogP contribution in [0.4, 0.5) is 0 Å². The summed E-state index contributed by atoms with van der Waals surface area (Å²) in [5.74, 6) is 0.447. The van der Waals surface area contributed by atoms with E-state index in [1.807, 2.05) is 38.1 Å². The first-order chi connectivity index (χ1) is 11.4. The Morgan fingerprint density at radius 3 is 2.96 bits per heavy atom. The first kappa shape index (κ1) is 17.0. The molecular formula is C19H26N2O3. The van der Waals surface area contributed by atoms with Gasteiger partial charge in [-0.05, 0) is 49.9 Å². The van der Waals surface area contributed by atoms with Crippen LogP contribution >= 0.6 is 0 Å². The van der Waals surface area contributed by atoms with E-state index in [-0.39, 0.29) is 11.8 Å². The van der Waals surface area contributed by atoms with Gasteiger partial charge in [0, 0.05) is 12.5 Å². The average Bonchev–Trinajstić information content (AvgIpc) is 2.96. The van der Waals surface area contributed by atoms with Gasteiger partial charge in [-0.2, -0.15) is 0 Å². The molecule has 2 heterocycles. The first-order valence-electron chi connectivity index (χ1n) is 8.73. The Bertz CT molecular complexity index is 674. The normalized spacial score (nSPS) is 19.7. The minimum Gasteiger partial charge on any atom is -0.481 e. The lowest BCUT2D eigenvalue weighted by molar-refractivity contribution is -0.139. The van der Waals surface area contributed by atoms with Crippen LogP contribution in [0.5, 0.6) is 0 Å². The predicted molar refractivity (Wildman–Crippen MR) is 93.1 cm³/mol. The Labute approximate surface area is 142 Å². The summed E-state index contributed by atoms with van der Waals surface area (Å²) in [5, 5.41) is 9.01. The van der Waals surface area contributed by atoms with E-state index in [1.165, 1.54) is 0 Å². The smallest absolute Gasteiger partial charge is 0.303 e. The zero-order valence-electron chi connectivity index (χ0n) is 14.5. The van der Waals surface area contributed by atoms with E-state index in [0.29, 0.717) is 5.92 Å². The summed E-state index contributed by atoms with van der Waals surface area (Å²) in [5.41, 5.74) is 1.61. The lowest BCUT2D eigenvalue weighted by Gasteiger charge is -2.33. The summed E-state index contributed by atoms with van der Waals surface area (Å²) in [4.78, 5) is 18.0. The zero-order valence-corrected chi connectivity index (χ0v) is 14.5. The standard InChI is InChI=1S/C19H26N2O3/c1-19(2,12-17(22)23)9-11-21-10-5-6-14(13-21)18-20-15-7-3-4-8-16(15)24-18/h3-4,7-8,14H,5-6,9-13H2,1-2H3,(H,22,23). The Balaban J connectivity index is 1.61. The number of hydrogen-bond acceptors (Lipinski definition) is 4. The number of aromatic nitrogens is 1. The number of aliphatic carboxylic acids is 1. The third kappa shape index (κ3) is 4.15. The molecule has 0 amide bonds. The molecule has 1 aliphatic heterocycles. The van der Waals surface area contributed by atoms with Gasteiger partial charge in [-0.25, -0.2) is 4.98 Å². The van der Waals surface area contributed by atoms with Gasteiger partial charge in [-0.1, -0.05) is 26.0 Å². The molecule has 3 rings (SSSR count). The molecular weight excluding hydrogens is 304 g/mol. The van der Waals surface area contributed by atoms with Crippen LogP contribution in [0, 0.1) is 5.41 Å². The highest BCUT2D eigenvalue weighted by Gasteiger charge is 2.28. The third-order valence-electron chi connectivity index (χ3n) is 4.90. The molecule has 5 heteroatoms. The highest BCUT2D eigenvalue weighted by atomic mass is 16.4. The van der Waals surface area contributed by atoms with Crippen LogP contribution in [0.3, 0.4) is 0 Å². The van der Waals surface area contributed by atoms with Crippen LogP contribution in [-0.2, 0) is 4.79 Å². The summed E-state index contributed by atoms with van der Waals surface area (Å²) in [6.07, 6.45) is 3.33. The fourth-order valence-corrected chi connectivity index (χ4v) is 3.48. The van der Waals surface area contributed by atoms with Crippen LogP contribution in [0.1, 0.15) is 51.3 Å². The first-order valence-corrected chi connectivity index (χ1v) is 8.73. The van der Waals surface area contributed by atoms with Gasteiger partial charge in [0.25, 0.3) is 0 Å². The minimum atomic E-state index is -0.719. The maximum absolute atomic E-state index is 11.0. The summed E-state index contributed by atoms with van der Waals surface area (Å²) in [7, 11) is 0. The topological polar surface area (TPSA) is 66.6 Å². The second kappa shape index (κ2) is 6.93. The minimum absolute atomic E-state index is 0.170. The van der Waals surface area contributed by atoms with Crippen molar-refractivity contribution in [2.24, 2.45) is 5.41 Å². The zero-order chi connectivity index (χ0) is 17.2. The quantitative estimate of drug-likeness (QED) is 0.870. The molecule has 1 atom stereocenters. The van der Waals surface area contributed by atoms with E-state index in [4.69, 9.17) is 9.52 Å². The molecule has 130 valence electrons. The molecule has 1 aliphatic rings. The van der Waals surface area contributed by atoms with Crippen molar-refractivity contribution >= 4 is 17.1 Å². The van der Waals surface area contributed by atoms with E-state index in [2.05, 4.69) is 9.88 Å². The number of rotatable bonds is 6. The fourth-order valence-electron chi connectivity index (χ4n) is 3.48. The van der Waals surface area contributed by atoms with Gasteiger partial charge in [-0.3, -0.25) is 4.79 Å². The van der Waals surface area contributed by atoms with Gasteiger partial charge in [0.15, 0.2) is 11.5 Å². The number of fused-ring (bicyclic) bond motifs is 1. The third-order valence-corrected chi connectivity index (χ3v) is 4.90. The van der Waals surface area contributed by atoms with Crippen molar-refractivity contribution < 1.29 is 14.3 Å². The number of carboxylic acids is 1. The molecule has 1 fully saturated rings. The molecule has 24 heavy (non-hydrogen) atoms. The molecule has 0 radical (unpaired) electrons. The van der Waals surface area contributed by atoms with Gasteiger partial charge < -0.3 is 14.4 Å². The van der Waals surface area contributed by atoms with E-state index < -0.39 is 5.97 Å². The molecule has 0 spiro atoms. The Hall–Kier alpha value is -1.88. The molecule has 0 bridgehead atoms. The second-order valence-corrected chi connectivity index (χ2v) is 7.64. The molecule has 1 saturated heterocycles. The SMILES string of the molecule is CC(C)(CCN1CCCC(c2nc3ccccc3o2)C1)CC(=O)O. The van der Waals surface area contributed by atoms with Gasteiger partial charge >= 0.3 is 5.97 Å². The Morgan fingerprint density at radius 1 is 1.42 bits per heavy atom. The van der Waals surface area contributed by atoms with Crippen molar-refractivity contribution in [1.82, 2.24) is 9.88 Å². The maximum Gasteiger partial charge on any atom is 0.303 e. The summed E-state index contributed by atoms with van der Waals surface area (Å²) in [6.45, 7) is 7.00. The van der Waals surface area contributed by atoms with Crippen molar-refractivity contribution in [3.63, 3.8) is 0 Å². The number of piperidine rings is 1. The van der Waals surface area contributed by atoms with Crippen LogP contribution in [-0.4, -0.2) is 40.6 Å². The number of benzene rings is 1. The monoisotopic (exact) mass is 330 g/mol. The van der Waals surface area contributed by atoms with E-state index in [0.717, 1.165) is 55.9 Å². The number of carboxylic acid groups (broad SMARTS) is 1. The van der Waals surface area contributed by atoms with Crippen molar-refractivity contribution in [2.45, 2.75) is 45.4 Å². The Kier molecular flexibility index (Phi) is 4.90. The molecule has 0 saturated carbocycles. The van der Waals surface area contributed by atoms with Crippen molar-refractivity contribution in [3.05, 3.63) is 30.2 Å². The number of likely N-dealkylation sites (tertiary alicyclic amines) is 1. The van der Waals surface area contributed by atoms with Crippen LogP contribution in [0.2, 0.25) is 0 Å². The van der Waals surface area contributed by atoms with Gasteiger partial charge in [0.2, 0.25) is 0 Å². The van der Waals surface area contributed by atoms with Crippen molar-refractivity contribution in [3.8, 4) is 0 Å². The highest BCUT2D eigenvalue weighted by Crippen LogP contribution is 2.31. The lowest BCUT2D eigenvalue weighted by atomic mass is 9.85. The second-order valence-electron chi connectivity index (χ2n) is 7.64. The lowest BCUT2D eigenvalue weighted by Crippen LogP contribution is -2.37. The van der Waals surface area contributed by atoms with Gasteiger partial charge in [0.05, 0.1) is 6.42 Å². The van der Waals surface area contributed by atoms with E-state index in [1.54, 1.807) is 0 Å². The molecule has 1 N–H and O–H groups in total. The molecule has 0 aliphatic carbocycles.